The Morgan fingerprint density at radius 3 is 2.54 bits per heavy atom. The Morgan fingerprint density at radius 1 is 1.62 bits per heavy atom. The molecule has 1 aromatic rings. The summed E-state index contributed by atoms with van der Waals surface area (Å²) < 4.78 is 9.27. The Hall–Kier alpha value is -1.36. The Labute approximate surface area is 77.0 Å². The average Bonchev–Trinajstić information content (AvgIpc) is 2.65. The topological polar surface area (TPSA) is 64.2 Å². The van der Waals surface area contributed by atoms with Gasteiger partial charge in [-0.05, 0) is 6.92 Å². The van der Waals surface area contributed by atoms with Crippen molar-refractivity contribution >= 4 is 6.29 Å². The van der Waals surface area contributed by atoms with Crippen LogP contribution in [0, 0.1) is 0 Å². The first-order valence-corrected chi connectivity index (χ1v) is 3.81. The predicted molar refractivity (Wildman–Crippen MR) is 48.1 cm³/mol. The zero-order valence-electron chi connectivity index (χ0n) is 8.03. The van der Waals surface area contributed by atoms with Gasteiger partial charge in [-0.25, -0.2) is 5.10 Å². The van der Waals surface area contributed by atoms with Crippen molar-refractivity contribution in [1.82, 2.24) is 10.2 Å². The van der Waals surface area contributed by atoms with Gasteiger partial charge in [-0.15, -0.1) is 0 Å². The lowest BCUT2D eigenvalue weighted by atomic mass is 10.4. The number of nitrogens with zero attached hydrogens (tertiary/aromatic N) is 1. The maximum Gasteiger partial charge on any atom is 0.219 e. The van der Waals surface area contributed by atoms with Crippen molar-refractivity contribution in [2.75, 3.05) is 20.8 Å². The maximum atomic E-state index is 10.1. The van der Waals surface area contributed by atoms with E-state index in [1.807, 2.05) is 6.92 Å². The molecule has 5 nitrogen and oxygen atoms in total. The smallest absolute Gasteiger partial charge is 0.219 e. The molecule has 5 heteroatoms. The van der Waals surface area contributed by atoms with E-state index in [2.05, 4.69) is 14.9 Å². The van der Waals surface area contributed by atoms with Crippen LogP contribution in [0.1, 0.15) is 17.3 Å². The van der Waals surface area contributed by atoms with Gasteiger partial charge in [-0.2, -0.15) is 5.10 Å². The molecule has 0 saturated carbocycles. The molecule has 13 heavy (non-hydrogen) atoms. The Bertz CT molecular complexity index is 233. The number of methoxy groups -OCH3 is 2. The first-order chi connectivity index (χ1) is 6.29. The molecule has 0 radical (unpaired) electrons. The van der Waals surface area contributed by atoms with Crippen molar-refractivity contribution < 1.29 is 14.3 Å². The zero-order chi connectivity index (χ0) is 10.1. The molecular weight excluding hydrogens is 172 g/mol. The fourth-order valence-electron chi connectivity index (χ4n) is 0.531. The van der Waals surface area contributed by atoms with Crippen molar-refractivity contribution in [2.45, 2.75) is 6.92 Å². The monoisotopic (exact) mass is 186 g/mol. The minimum atomic E-state index is 0.407. The van der Waals surface area contributed by atoms with Gasteiger partial charge in [0.1, 0.15) is 0 Å². The second-order valence-corrected chi connectivity index (χ2v) is 2.05. The Morgan fingerprint density at radius 2 is 2.23 bits per heavy atom. The fraction of sp³-hybridized carbons (Fsp3) is 0.500. The number of ether oxygens (including phenoxy) is 2. The lowest BCUT2D eigenvalue weighted by Crippen LogP contribution is -1.86. The summed E-state index contributed by atoms with van der Waals surface area (Å²) in [6, 6.07) is 0. The van der Waals surface area contributed by atoms with E-state index in [4.69, 9.17) is 4.74 Å². The Kier molecular flexibility index (Phi) is 6.53. The number of carbonyl (C=O) groups excluding carboxylic acids is 1. The number of rotatable bonds is 3. The predicted octanol–water partition coefficient (Wildman–Crippen LogP) is 0.883. The van der Waals surface area contributed by atoms with Gasteiger partial charge < -0.3 is 9.47 Å². The normalized spacial score (nSPS) is 8.54. The second kappa shape index (κ2) is 7.30. The second-order valence-electron chi connectivity index (χ2n) is 2.05. The molecule has 0 unspecified atom stereocenters. The number of aromatic nitrogens is 2. The van der Waals surface area contributed by atoms with Crippen LogP contribution in [0.3, 0.4) is 0 Å². The Balaban J connectivity index is 0.000000310. The van der Waals surface area contributed by atoms with Gasteiger partial charge >= 0.3 is 0 Å². The van der Waals surface area contributed by atoms with Gasteiger partial charge in [-0.3, -0.25) is 4.79 Å². The van der Waals surface area contributed by atoms with E-state index < -0.39 is 0 Å². The van der Waals surface area contributed by atoms with Crippen LogP contribution < -0.4 is 4.74 Å². The molecule has 0 aliphatic rings. The minimum Gasteiger partial charge on any atom is -0.481 e. The highest BCUT2D eigenvalue weighted by atomic mass is 16.5. The lowest BCUT2D eigenvalue weighted by molar-refractivity contribution is 0.112. The molecular formula is C8H14N2O3. The van der Waals surface area contributed by atoms with Crippen LogP contribution in [-0.4, -0.2) is 37.3 Å². The van der Waals surface area contributed by atoms with Gasteiger partial charge in [0.15, 0.2) is 6.29 Å². The number of carbonyl (C=O) groups is 1. The van der Waals surface area contributed by atoms with Crippen LogP contribution in [0.25, 0.3) is 0 Å². The van der Waals surface area contributed by atoms with E-state index in [1.165, 1.54) is 13.3 Å². The third kappa shape index (κ3) is 4.27. The van der Waals surface area contributed by atoms with Crippen molar-refractivity contribution in [1.29, 1.82) is 0 Å². The highest BCUT2D eigenvalue weighted by Gasteiger charge is 2.00. The van der Waals surface area contributed by atoms with Crippen molar-refractivity contribution in [3.8, 4) is 5.88 Å². The number of H-pyrrole nitrogens is 1. The van der Waals surface area contributed by atoms with E-state index in [0.717, 1.165) is 6.61 Å². The zero-order valence-corrected chi connectivity index (χ0v) is 8.03. The van der Waals surface area contributed by atoms with Gasteiger partial charge in [0.2, 0.25) is 5.88 Å². The quantitative estimate of drug-likeness (QED) is 0.712. The molecule has 0 aromatic carbocycles. The number of aromatic amines is 1. The highest BCUT2D eigenvalue weighted by Crippen LogP contribution is 2.08. The van der Waals surface area contributed by atoms with E-state index in [1.54, 1.807) is 7.11 Å². The third-order valence-corrected chi connectivity index (χ3v) is 1.25. The summed E-state index contributed by atoms with van der Waals surface area (Å²) in [7, 11) is 3.15. The fourth-order valence-corrected chi connectivity index (χ4v) is 0.531. The largest absolute Gasteiger partial charge is 0.481 e. The summed E-state index contributed by atoms with van der Waals surface area (Å²) in [5.41, 5.74) is 0.442. The van der Waals surface area contributed by atoms with Crippen molar-refractivity contribution in [3.05, 3.63) is 11.8 Å². The van der Waals surface area contributed by atoms with Crippen LogP contribution in [0.5, 0.6) is 5.88 Å². The number of hydrogen-bond donors (Lipinski definition) is 1. The standard InChI is InChI=1S/C5H6N2O2.C3H8O/c1-9-5-4(3-8)2-6-7-5;1-3-4-2/h2-3H,1H3,(H,6,7);3H2,1-2H3. The number of hydrogen-bond acceptors (Lipinski definition) is 4. The summed E-state index contributed by atoms with van der Waals surface area (Å²) in [6.45, 7) is 2.78. The molecule has 1 N–H and O–H groups in total. The third-order valence-electron chi connectivity index (χ3n) is 1.25. The van der Waals surface area contributed by atoms with Crippen LogP contribution in [0.15, 0.2) is 6.20 Å². The minimum absolute atomic E-state index is 0.407. The van der Waals surface area contributed by atoms with Crippen LogP contribution >= 0.6 is 0 Å². The summed E-state index contributed by atoms with van der Waals surface area (Å²) in [5.74, 6) is 0.407. The molecule has 74 valence electrons. The number of aldehydes is 1. The summed E-state index contributed by atoms with van der Waals surface area (Å²) in [6.07, 6.45) is 2.09. The van der Waals surface area contributed by atoms with Crippen molar-refractivity contribution in [2.24, 2.45) is 0 Å². The summed E-state index contributed by atoms with van der Waals surface area (Å²) in [4.78, 5) is 10.1. The van der Waals surface area contributed by atoms with Crippen molar-refractivity contribution in [3.63, 3.8) is 0 Å². The van der Waals surface area contributed by atoms with Gasteiger partial charge in [-0.1, -0.05) is 0 Å². The van der Waals surface area contributed by atoms with Gasteiger partial charge in [0.25, 0.3) is 0 Å². The highest BCUT2D eigenvalue weighted by molar-refractivity contribution is 5.77. The van der Waals surface area contributed by atoms with E-state index in [0.29, 0.717) is 17.7 Å². The molecule has 0 saturated heterocycles. The van der Waals surface area contributed by atoms with E-state index in [9.17, 15) is 4.79 Å². The molecule has 0 aliphatic heterocycles. The molecule has 0 atom stereocenters. The summed E-state index contributed by atoms with van der Waals surface area (Å²) >= 11 is 0. The molecule has 1 rings (SSSR count). The maximum absolute atomic E-state index is 10.1. The lowest BCUT2D eigenvalue weighted by Gasteiger charge is -1.90. The summed E-state index contributed by atoms with van der Waals surface area (Å²) in [5, 5.41) is 6.09. The SMILES string of the molecule is CCOC.COc1[nH]ncc1C=O. The molecule has 0 spiro atoms. The van der Waals surface area contributed by atoms with Crippen LogP contribution in [-0.2, 0) is 4.74 Å². The first-order valence-electron chi connectivity index (χ1n) is 3.81. The molecule has 0 fully saturated rings. The van der Waals surface area contributed by atoms with E-state index in [-0.39, 0.29) is 0 Å². The molecule has 1 aromatic heterocycles. The molecule has 0 amide bonds. The van der Waals surface area contributed by atoms with E-state index >= 15 is 0 Å². The number of nitrogens with one attached hydrogen (secondary N) is 1. The van der Waals surface area contributed by atoms with Crippen LogP contribution in [0.4, 0.5) is 0 Å². The van der Waals surface area contributed by atoms with Gasteiger partial charge in [0, 0.05) is 13.7 Å². The first kappa shape index (κ1) is 11.6. The molecule has 0 bridgehead atoms. The molecule has 1 heterocycles. The average molecular weight is 186 g/mol. The van der Waals surface area contributed by atoms with Crippen LogP contribution in [0.2, 0.25) is 0 Å². The molecule has 0 aliphatic carbocycles. The van der Waals surface area contributed by atoms with Gasteiger partial charge in [0.05, 0.1) is 18.9 Å².